The summed E-state index contributed by atoms with van der Waals surface area (Å²) in [5.41, 5.74) is 0.690. The van der Waals surface area contributed by atoms with Gasteiger partial charge in [0, 0.05) is 6.54 Å². The number of hydrogen-bond donors (Lipinski definition) is 2. The number of aliphatic carboxylic acids is 1. The van der Waals surface area contributed by atoms with E-state index in [0.717, 1.165) is 4.90 Å². The third-order valence-electron chi connectivity index (χ3n) is 2.33. The van der Waals surface area contributed by atoms with Gasteiger partial charge in [0.1, 0.15) is 5.88 Å². The summed E-state index contributed by atoms with van der Waals surface area (Å²) in [6.45, 7) is 4.72. The van der Waals surface area contributed by atoms with Crippen molar-refractivity contribution in [1.82, 2.24) is 4.90 Å². The monoisotopic (exact) mass is 287 g/mol. The smallest absolute Gasteiger partial charge is 0.328 e. The van der Waals surface area contributed by atoms with E-state index in [0.29, 0.717) is 5.57 Å². The van der Waals surface area contributed by atoms with E-state index < -0.39 is 24.5 Å². The van der Waals surface area contributed by atoms with Crippen LogP contribution >= 0.6 is 11.6 Å². The molecule has 0 aliphatic heterocycles. The molecule has 0 rings (SSSR count). The fourth-order valence-corrected chi connectivity index (χ4v) is 1.64. The molecule has 6 heteroatoms. The standard InChI is InChI=1S/C13H18ClNO4/c1-3-5-10(6-4-2)8-15(12(17)7-14)11(9-16)13(18)19/h3-6,11,16H,1,7-9H2,2H3,(H,18,19)/b6-4-,10-5+. The van der Waals surface area contributed by atoms with Gasteiger partial charge in [-0.3, -0.25) is 4.79 Å². The molecule has 1 atom stereocenters. The molecule has 0 radical (unpaired) electrons. The van der Waals surface area contributed by atoms with Gasteiger partial charge in [0.25, 0.3) is 0 Å². The molecule has 0 aromatic carbocycles. The number of aliphatic hydroxyl groups is 1. The number of rotatable bonds is 8. The van der Waals surface area contributed by atoms with Crippen LogP contribution in [0.2, 0.25) is 0 Å². The zero-order valence-electron chi connectivity index (χ0n) is 10.8. The predicted molar refractivity (Wildman–Crippen MR) is 74.0 cm³/mol. The molecule has 1 amide bonds. The molecule has 0 saturated carbocycles. The maximum absolute atomic E-state index is 11.7. The minimum atomic E-state index is -1.32. The summed E-state index contributed by atoms with van der Waals surface area (Å²) in [5.74, 6) is -2.18. The van der Waals surface area contributed by atoms with E-state index in [-0.39, 0.29) is 12.4 Å². The summed E-state index contributed by atoms with van der Waals surface area (Å²) in [6.07, 6.45) is 6.68. The Kier molecular flexibility index (Phi) is 8.57. The molecule has 19 heavy (non-hydrogen) atoms. The first kappa shape index (κ1) is 17.4. The Morgan fingerprint density at radius 2 is 2.11 bits per heavy atom. The molecule has 2 N–H and O–H groups in total. The Morgan fingerprint density at radius 3 is 2.47 bits per heavy atom. The maximum atomic E-state index is 11.7. The molecule has 0 aliphatic carbocycles. The normalized spacial score (nSPS) is 13.3. The van der Waals surface area contributed by atoms with E-state index in [2.05, 4.69) is 6.58 Å². The highest BCUT2D eigenvalue weighted by molar-refractivity contribution is 6.27. The van der Waals surface area contributed by atoms with Gasteiger partial charge in [-0.25, -0.2) is 4.79 Å². The van der Waals surface area contributed by atoms with Crippen LogP contribution in [0.1, 0.15) is 6.92 Å². The van der Waals surface area contributed by atoms with Gasteiger partial charge in [0.15, 0.2) is 6.04 Å². The average Bonchev–Trinajstić information content (AvgIpc) is 2.37. The average molecular weight is 288 g/mol. The minimum absolute atomic E-state index is 0.0411. The van der Waals surface area contributed by atoms with Crippen LogP contribution in [-0.4, -0.2) is 52.1 Å². The molecule has 106 valence electrons. The van der Waals surface area contributed by atoms with Crippen molar-refractivity contribution in [3.8, 4) is 0 Å². The maximum Gasteiger partial charge on any atom is 0.328 e. The van der Waals surface area contributed by atoms with Gasteiger partial charge in [0.2, 0.25) is 5.91 Å². The minimum Gasteiger partial charge on any atom is -0.480 e. The highest BCUT2D eigenvalue weighted by Crippen LogP contribution is 2.09. The van der Waals surface area contributed by atoms with Crippen molar-refractivity contribution in [2.24, 2.45) is 0 Å². The second-order valence-electron chi connectivity index (χ2n) is 3.67. The fourth-order valence-electron chi connectivity index (χ4n) is 1.48. The molecule has 0 heterocycles. The fraction of sp³-hybridized carbons (Fsp3) is 0.385. The van der Waals surface area contributed by atoms with Crippen molar-refractivity contribution in [2.45, 2.75) is 13.0 Å². The van der Waals surface area contributed by atoms with Crippen LogP contribution in [0.3, 0.4) is 0 Å². The van der Waals surface area contributed by atoms with Crippen molar-refractivity contribution in [1.29, 1.82) is 0 Å². The Labute approximate surface area is 117 Å². The van der Waals surface area contributed by atoms with Crippen molar-refractivity contribution in [2.75, 3.05) is 19.0 Å². The number of amides is 1. The van der Waals surface area contributed by atoms with Crippen molar-refractivity contribution < 1.29 is 19.8 Å². The lowest BCUT2D eigenvalue weighted by Crippen LogP contribution is -2.48. The number of allylic oxidation sites excluding steroid dienone is 3. The van der Waals surface area contributed by atoms with E-state index in [4.69, 9.17) is 21.8 Å². The van der Waals surface area contributed by atoms with Gasteiger partial charge in [-0.05, 0) is 12.5 Å². The molecular formula is C13H18ClNO4. The van der Waals surface area contributed by atoms with Gasteiger partial charge in [0.05, 0.1) is 6.61 Å². The number of aliphatic hydroxyl groups excluding tert-OH is 1. The van der Waals surface area contributed by atoms with Crippen LogP contribution < -0.4 is 0 Å². The van der Waals surface area contributed by atoms with E-state index in [1.54, 1.807) is 25.2 Å². The number of carbonyl (C=O) groups is 2. The topological polar surface area (TPSA) is 77.8 Å². The summed E-state index contributed by atoms with van der Waals surface area (Å²) in [4.78, 5) is 23.8. The van der Waals surface area contributed by atoms with Crippen LogP contribution in [0, 0.1) is 0 Å². The molecule has 0 bridgehead atoms. The van der Waals surface area contributed by atoms with Gasteiger partial charge in [-0.1, -0.05) is 30.9 Å². The lowest BCUT2D eigenvalue weighted by atomic mass is 10.1. The molecule has 0 spiro atoms. The molecular weight excluding hydrogens is 270 g/mol. The first-order chi connectivity index (χ1) is 9.01. The third kappa shape index (κ3) is 5.72. The summed E-state index contributed by atoms with van der Waals surface area (Å²) < 4.78 is 0. The van der Waals surface area contributed by atoms with Gasteiger partial charge in [-0.2, -0.15) is 0 Å². The van der Waals surface area contributed by atoms with Crippen LogP contribution in [0.5, 0.6) is 0 Å². The third-order valence-corrected chi connectivity index (χ3v) is 2.56. The highest BCUT2D eigenvalue weighted by Gasteiger charge is 2.28. The molecule has 0 aromatic heterocycles. The van der Waals surface area contributed by atoms with E-state index in [9.17, 15) is 9.59 Å². The second-order valence-corrected chi connectivity index (χ2v) is 3.94. The van der Waals surface area contributed by atoms with Gasteiger partial charge >= 0.3 is 5.97 Å². The summed E-state index contributed by atoms with van der Waals surface area (Å²) >= 11 is 5.47. The lowest BCUT2D eigenvalue weighted by molar-refractivity contribution is -0.150. The molecule has 0 saturated heterocycles. The molecule has 0 aromatic rings. The number of carbonyl (C=O) groups excluding carboxylic acids is 1. The SMILES string of the molecule is C=C/C=C(\C=C/C)CN(C(=O)CCl)C(CO)C(=O)O. The quantitative estimate of drug-likeness (QED) is 0.519. The summed E-state index contributed by atoms with van der Waals surface area (Å²) in [7, 11) is 0. The number of carboxylic acid groups (broad SMARTS) is 1. The van der Waals surface area contributed by atoms with E-state index in [1.807, 2.05) is 0 Å². The molecule has 0 fully saturated rings. The van der Waals surface area contributed by atoms with Crippen LogP contribution in [0.15, 0.2) is 36.5 Å². The predicted octanol–water partition coefficient (Wildman–Crippen LogP) is 1.19. The van der Waals surface area contributed by atoms with Crippen molar-refractivity contribution >= 4 is 23.5 Å². The van der Waals surface area contributed by atoms with E-state index in [1.165, 1.54) is 6.08 Å². The summed E-state index contributed by atoms with van der Waals surface area (Å²) in [6, 6.07) is -1.32. The van der Waals surface area contributed by atoms with Crippen molar-refractivity contribution in [3.05, 3.63) is 36.5 Å². The first-order valence-corrected chi connectivity index (χ1v) is 6.18. The Hall–Kier alpha value is -1.59. The van der Waals surface area contributed by atoms with Crippen LogP contribution in [0.4, 0.5) is 0 Å². The Morgan fingerprint density at radius 1 is 1.47 bits per heavy atom. The summed E-state index contributed by atoms with van der Waals surface area (Å²) in [5, 5.41) is 18.1. The van der Waals surface area contributed by atoms with Crippen LogP contribution in [-0.2, 0) is 9.59 Å². The number of halogens is 1. The number of hydrogen-bond acceptors (Lipinski definition) is 3. The Bertz CT molecular complexity index is 390. The van der Waals surface area contributed by atoms with Gasteiger partial charge < -0.3 is 15.1 Å². The molecule has 0 aliphatic rings. The zero-order valence-corrected chi connectivity index (χ0v) is 11.5. The number of carboxylic acids is 1. The number of nitrogens with zero attached hydrogens (tertiary/aromatic N) is 1. The highest BCUT2D eigenvalue weighted by atomic mass is 35.5. The first-order valence-electron chi connectivity index (χ1n) is 5.65. The van der Waals surface area contributed by atoms with Crippen molar-refractivity contribution in [3.63, 3.8) is 0 Å². The molecule has 5 nitrogen and oxygen atoms in total. The second kappa shape index (κ2) is 9.35. The lowest BCUT2D eigenvalue weighted by Gasteiger charge is -2.27. The molecule has 1 unspecified atom stereocenters. The van der Waals surface area contributed by atoms with E-state index >= 15 is 0 Å². The zero-order chi connectivity index (χ0) is 14.8. The van der Waals surface area contributed by atoms with Crippen LogP contribution in [0.25, 0.3) is 0 Å². The Balaban J connectivity index is 5.25. The van der Waals surface area contributed by atoms with Gasteiger partial charge in [-0.15, -0.1) is 11.6 Å². The number of alkyl halides is 1. The largest absolute Gasteiger partial charge is 0.480 e.